The molecular formula is C20H26N4O3. The summed E-state index contributed by atoms with van der Waals surface area (Å²) >= 11 is 0. The van der Waals surface area contributed by atoms with E-state index in [0.717, 1.165) is 29.7 Å². The van der Waals surface area contributed by atoms with E-state index >= 15 is 0 Å². The molecule has 27 heavy (non-hydrogen) atoms. The fourth-order valence-electron chi connectivity index (χ4n) is 2.90. The van der Waals surface area contributed by atoms with Gasteiger partial charge in [0.1, 0.15) is 5.82 Å². The number of nitrogens with zero attached hydrogens (tertiary/aromatic N) is 4. The van der Waals surface area contributed by atoms with Crippen LogP contribution < -0.4 is 5.56 Å². The minimum absolute atomic E-state index is 0.0122. The molecule has 0 bridgehead atoms. The molecule has 1 N–H and O–H groups in total. The molecule has 7 nitrogen and oxygen atoms in total. The van der Waals surface area contributed by atoms with Crippen LogP contribution in [0.1, 0.15) is 13.3 Å². The zero-order valence-electron chi connectivity index (χ0n) is 16.2. The van der Waals surface area contributed by atoms with Gasteiger partial charge < -0.3 is 19.1 Å². The van der Waals surface area contributed by atoms with Gasteiger partial charge in [-0.05, 0) is 45.0 Å². The number of rotatable bonds is 5. The van der Waals surface area contributed by atoms with Crippen LogP contribution in [-0.4, -0.2) is 50.7 Å². The van der Waals surface area contributed by atoms with E-state index in [0.29, 0.717) is 11.6 Å². The normalized spacial score (nSPS) is 11.9. The fraction of sp³-hybridized carbons (Fsp3) is 0.350. The monoisotopic (exact) mass is 370 g/mol. The van der Waals surface area contributed by atoms with E-state index in [9.17, 15) is 4.79 Å². The largest absolute Gasteiger partial charge is 0.483 e. The average molecular weight is 370 g/mol. The van der Waals surface area contributed by atoms with E-state index in [2.05, 4.69) is 35.5 Å². The maximum absolute atomic E-state index is 12.8. The third-order valence-corrected chi connectivity index (χ3v) is 4.76. The van der Waals surface area contributed by atoms with E-state index in [4.69, 9.17) is 9.90 Å². The highest BCUT2D eigenvalue weighted by molar-refractivity contribution is 5.83. The lowest BCUT2D eigenvalue weighted by molar-refractivity contribution is -0.122. The minimum atomic E-state index is -0.250. The Bertz CT molecular complexity index is 959. The van der Waals surface area contributed by atoms with Crippen LogP contribution in [0, 0.1) is 0 Å². The standard InChI is InChI=1S/C19H24N4O.CH2O2/c1-14(21(2)3)9-11-23-12-10-20-18(23)16-13-15-7-5-6-8-17(15)22(4)19(16)24;2-1-3/h5-8,10,12-14H,9,11H2,1-4H3;1H,(H,2,3). The number of hydrogen-bond donors (Lipinski definition) is 1. The molecule has 2 heterocycles. The van der Waals surface area contributed by atoms with Crippen molar-refractivity contribution in [2.75, 3.05) is 14.1 Å². The van der Waals surface area contributed by atoms with Crippen LogP contribution in [0.2, 0.25) is 0 Å². The van der Waals surface area contributed by atoms with Gasteiger partial charge in [0.05, 0.1) is 11.1 Å². The highest BCUT2D eigenvalue weighted by atomic mass is 16.3. The van der Waals surface area contributed by atoms with Crippen molar-refractivity contribution >= 4 is 17.4 Å². The number of aromatic nitrogens is 3. The van der Waals surface area contributed by atoms with Gasteiger partial charge in [0.25, 0.3) is 12.0 Å². The van der Waals surface area contributed by atoms with Crippen LogP contribution >= 0.6 is 0 Å². The highest BCUT2D eigenvalue weighted by Crippen LogP contribution is 2.20. The SMILES string of the molecule is CC(CCn1ccnc1-c1cc2ccccc2n(C)c1=O)N(C)C.O=CO. The maximum atomic E-state index is 12.8. The van der Waals surface area contributed by atoms with E-state index in [1.165, 1.54) is 0 Å². The van der Waals surface area contributed by atoms with Gasteiger partial charge in [0.2, 0.25) is 0 Å². The predicted molar refractivity (Wildman–Crippen MR) is 107 cm³/mol. The number of hydrogen-bond acceptors (Lipinski definition) is 4. The Balaban J connectivity index is 0.000000817. The summed E-state index contributed by atoms with van der Waals surface area (Å²) in [5.41, 5.74) is 1.58. The van der Waals surface area contributed by atoms with Gasteiger partial charge in [-0.3, -0.25) is 9.59 Å². The molecule has 3 rings (SSSR count). The van der Waals surface area contributed by atoms with Gasteiger partial charge in [0, 0.05) is 32.0 Å². The first kappa shape index (κ1) is 20.4. The number of carboxylic acid groups (broad SMARTS) is 1. The van der Waals surface area contributed by atoms with Crippen molar-refractivity contribution in [3.63, 3.8) is 0 Å². The lowest BCUT2D eigenvalue weighted by Crippen LogP contribution is -2.26. The summed E-state index contributed by atoms with van der Waals surface area (Å²) in [6, 6.07) is 10.4. The van der Waals surface area contributed by atoms with Crippen molar-refractivity contribution in [2.45, 2.75) is 25.9 Å². The highest BCUT2D eigenvalue weighted by Gasteiger charge is 2.14. The van der Waals surface area contributed by atoms with Crippen LogP contribution in [0.4, 0.5) is 0 Å². The molecule has 7 heteroatoms. The molecule has 1 aromatic carbocycles. The summed E-state index contributed by atoms with van der Waals surface area (Å²) in [4.78, 5) is 27.8. The second-order valence-corrected chi connectivity index (χ2v) is 6.63. The summed E-state index contributed by atoms with van der Waals surface area (Å²) in [7, 11) is 5.98. The predicted octanol–water partition coefficient (Wildman–Crippen LogP) is 2.44. The number of pyridine rings is 1. The van der Waals surface area contributed by atoms with Crippen molar-refractivity contribution in [3.8, 4) is 11.4 Å². The van der Waals surface area contributed by atoms with Crippen LogP contribution in [0.5, 0.6) is 0 Å². The summed E-state index contributed by atoms with van der Waals surface area (Å²) in [5.74, 6) is 0.743. The van der Waals surface area contributed by atoms with Crippen LogP contribution in [-0.2, 0) is 18.4 Å². The number of carbonyl (C=O) groups is 1. The van der Waals surface area contributed by atoms with Gasteiger partial charge in [-0.1, -0.05) is 18.2 Å². The first-order chi connectivity index (χ1) is 12.9. The number of imidazole rings is 1. The minimum Gasteiger partial charge on any atom is -0.483 e. The quantitative estimate of drug-likeness (QED) is 0.698. The van der Waals surface area contributed by atoms with Gasteiger partial charge >= 0.3 is 0 Å². The van der Waals surface area contributed by atoms with E-state index < -0.39 is 0 Å². The molecule has 0 fully saturated rings. The van der Waals surface area contributed by atoms with Crippen LogP contribution in [0.15, 0.2) is 47.5 Å². The van der Waals surface area contributed by atoms with E-state index in [-0.39, 0.29) is 12.0 Å². The second kappa shape index (κ2) is 9.14. The zero-order valence-corrected chi connectivity index (χ0v) is 16.2. The molecule has 1 atom stereocenters. The molecule has 0 aliphatic carbocycles. The Labute approximate surface area is 158 Å². The Kier molecular flexibility index (Phi) is 6.90. The van der Waals surface area contributed by atoms with Gasteiger partial charge in [-0.15, -0.1) is 0 Å². The first-order valence-electron chi connectivity index (χ1n) is 8.75. The summed E-state index contributed by atoms with van der Waals surface area (Å²) < 4.78 is 3.78. The molecule has 0 radical (unpaired) electrons. The zero-order chi connectivity index (χ0) is 20.0. The maximum Gasteiger partial charge on any atom is 0.290 e. The summed E-state index contributed by atoms with van der Waals surface area (Å²) in [6.45, 7) is 2.79. The number of benzene rings is 1. The van der Waals surface area contributed by atoms with E-state index in [1.807, 2.05) is 43.6 Å². The summed E-state index contributed by atoms with van der Waals surface area (Å²) in [6.07, 6.45) is 4.72. The topological polar surface area (TPSA) is 80.4 Å². The fourth-order valence-corrected chi connectivity index (χ4v) is 2.90. The second-order valence-electron chi connectivity index (χ2n) is 6.63. The van der Waals surface area contributed by atoms with E-state index in [1.54, 1.807) is 10.8 Å². The lowest BCUT2D eigenvalue weighted by atomic mass is 10.1. The van der Waals surface area contributed by atoms with Crippen molar-refractivity contribution < 1.29 is 9.90 Å². The summed E-state index contributed by atoms with van der Waals surface area (Å²) in [5, 5.41) is 7.94. The van der Waals surface area contributed by atoms with Crippen molar-refractivity contribution in [1.82, 2.24) is 19.0 Å². The number of aryl methyl sites for hydroxylation is 2. The average Bonchev–Trinajstić information content (AvgIpc) is 3.11. The number of fused-ring (bicyclic) bond motifs is 1. The first-order valence-corrected chi connectivity index (χ1v) is 8.75. The van der Waals surface area contributed by atoms with Gasteiger partial charge in [0.15, 0.2) is 0 Å². The smallest absolute Gasteiger partial charge is 0.290 e. The Morgan fingerprint density at radius 1 is 1.30 bits per heavy atom. The number of para-hydroxylation sites is 1. The molecule has 0 aliphatic rings. The molecule has 3 aromatic rings. The molecule has 0 saturated heterocycles. The van der Waals surface area contributed by atoms with Crippen LogP contribution in [0.3, 0.4) is 0 Å². The Morgan fingerprint density at radius 3 is 2.63 bits per heavy atom. The van der Waals surface area contributed by atoms with Gasteiger partial charge in [-0.2, -0.15) is 0 Å². The van der Waals surface area contributed by atoms with Crippen molar-refractivity contribution in [1.29, 1.82) is 0 Å². The molecular weight excluding hydrogens is 344 g/mol. The molecule has 2 aromatic heterocycles. The lowest BCUT2D eigenvalue weighted by Gasteiger charge is -2.20. The molecule has 0 saturated carbocycles. The molecule has 144 valence electrons. The third-order valence-electron chi connectivity index (χ3n) is 4.76. The van der Waals surface area contributed by atoms with Crippen LogP contribution in [0.25, 0.3) is 22.3 Å². The van der Waals surface area contributed by atoms with Gasteiger partial charge in [-0.25, -0.2) is 4.98 Å². The Morgan fingerprint density at radius 2 is 1.96 bits per heavy atom. The molecule has 0 spiro atoms. The van der Waals surface area contributed by atoms with Crippen molar-refractivity contribution in [3.05, 3.63) is 53.1 Å². The van der Waals surface area contributed by atoms with Crippen molar-refractivity contribution in [2.24, 2.45) is 7.05 Å². The molecule has 0 aliphatic heterocycles. The Hall–Kier alpha value is -2.93. The molecule has 1 unspecified atom stereocenters. The third kappa shape index (κ3) is 4.62. The molecule has 0 amide bonds.